The van der Waals surface area contributed by atoms with Crippen LogP contribution in [0, 0.1) is 11.3 Å². The molecule has 1 fully saturated rings. The summed E-state index contributed by atoms with van der Waals surface area (Å²) in [5.41, 5.74) is 0.178. The van der Waals surface area contributed by atoms with Crippen molar-refractivity contribution < 1.29 is 16.8 Å². The Morgan fingerprint density at radius 2 is 1.85 bits per heavy atom. The summed E-state index contributed by atoms with van der Waals surface area (Å²) in [5, 5.41) is 8.83. The van der Waals surface area contributed by atoms with Gasteiger partial charge in [0.25, 0.3) is 0 Å². The van der Waals surface area contributed by atoms with E-state index >= 15 is 0 Å². The second-order valence-corrected chi connectivity index (χ2v) is 8.93. The van der Waals surface area contributed by atoms with Crippen LogP contribution in [0.4, 0.5) is 0 Å². The molecule has 6 nitrogen and oxygen atoms in total. The molecule has 1 aromatic rings. The number of nitrogens with zero attached hydrogens (tertiary/aromatic N) is 2. The Morgan fingerprint density at radius 1 is 1.25 bits per heavy atom. The van der Waals surface area contributed by atoms with Gasteiger partial charge in [-0.05, 0) is 18.2 Å². The highest BCUT2D eigenvalue weighted by molar-refractivity contribution is 7.92. The van der Waals surface area contributed by atoms with Gasteiger partial charge in [-0.2, -0.15) is 9.57 Å². The predicted octanol–water partition coefficient (Wildman–Crippen LogP) is 0.631. The largest absolute Gasteiger partial charge is 0.244 e. The highest BCUT2D eigenvalue weighted by atomic mass is 35.5. The highest BCUT2D eigenvalue weighted by Crippen LogP contribution is 2.26. The molecule has 0 saturated carbocycles. The van der Waals surface area contributed by atoms with Gasteiger partial charge in [0.2, 0.25) is 10.0 Å². The minimum absolute atomic E-state index is 0.0115. The predicted molar refractivity (Wildman–Crippen MR) is 73.6 cm³/mol. The lowest BCUT2D eigenvalue weighted by Gasteiger charge is -2.26. The zero-order chi connectivity index (χ0) is 15.0. The zero-order valence-electron chi connectivity index (χ0n) is 10.3. The number of benzene rings is 1. The Morgan fingerprint density at radius 3 is 2.40 bits per heavy atom. The van der Waals surface area contributed by atoms with Crippen LogP contribution in [0.3, 0.4) is 0 Å². The average Bonchev–Trinajstić information content (AvgIpc) is 2.38. The molecule has 0 spiro atoms. The second-order valence-electron chi connectivity index (χ2n) is 4.31. The van der Waals surface area contributed by atoms with Gasteiger partial charge < -0.3 is 0 Å². The van der Waals surface area contributed by atoms with Crippen LogP contribution >= 0.6 is 11.6 Å². The lowest BCUT2D eigenvalue weighted by Crippen LogP contribution is -2.43. The molecule has 0 unspecified atom stereocenters. The van der Waals surface area contributed by atoms with Crippen molar-refractivity contribution in [1.82, 2.24) is 4.31 Å². The first-order chi connectivity index (χ1) is 9.26. The molecule has 0 aromatic heterocycles. The first-order valence-corrected chi connectivity index (χ1v) is 9.30. The van der Waals surface area contributed by atoms with Crippen molar-refractivity contribution in [3.63, 3.8) is 0 Å². The summed E-state index contributed by atoms with van der Waals surface area (Å²) < 4.78 is 48.6. The summed E-state index contributed by atoms with van der Waals surface area (Å²) >= 11 is 5.88. The van der Waals surface area contributed by atoms with Crippen molar-refractivity contribution in [2.75, 3.05) is 24.6 Å². The number of rotatable bonds is 2. The van der Waals surface area contributed by atoms with Crippen molar-refractivity contribution in [2.45, 2.75) is 4.90 Å². The number of sulfone groups is 1. The molecule has 0 radical (unpaired) electrons. The molecule has 1 aromatic carbocycles. The number of hydrogen-bond acceptors (Lipinski definition) is 5. The smallest absolute Gasteiger partial charge is 0.229 e. The Hall–Kier alpha value is -1.14. The van der Waals surface area contributed by atoms with E-state index in [2.05, 4.69) is 0 Å². The first-order valence-electron chi connectivity index (χ1n) is 5.66. The van der Waals surface area contributed by atoms with E-state index in [1.165, 1.54) is 18.2 Å². The highest BCUT2D eigenvalue weighted by Gasteiger charge is 2.32. The fourth-order valence-corrected chi connectivity index (χ4v) is 5.22. The number of sulfonamides is 1. The Bertz CT molecular complexity index is 767. The third kappa shape index (κ3) is 2.96. The van der Waals surface area contributed by atoms with Crippen LogP contribution in [-0.4, -0.2) is 45.7 Å². The van der Waals surface area contributed by atoms with Crippen LogP contribution in [-0.2, 0) is 19.9 Å². The third-order valence-corrected chi connectivity index (χ3v) is 6.97. The monoisotopic (exact) mass is 334 g/mol. The summed E-state index contributed by atoms with van der Waals surface area (Å²) in [6.45, 7) is -0.199. The summed E-state index contributed by atoms with van der Waals surface area (Å²) in [7, 11) is -7.06. The Kier molecular flexibility index (Phi) is 4.07. The summed E-state index contributed by atoms with van der Waals surface area (Å²) in [5.74, 6) is -0.413. The van der Waals surface area contributed by atoms with Gasteiger partial charge in [-0.15, -0.1) is 0 Å². The van der Waals surface area contributed by atoms with E-state index in [0.29, 0.717) is 0 Å². The van der Waals surface area contributed by atoms with E-state index in [-0.39, 0.29) is 40.1 Å². The van der Waals surface area contributed by atoms with E-state index in [1.807, 2.05) is 6.07 Å². The quantitative estimate of drug-likeness (QED) is 0.790. The SMILES string of the molecule is N#Cc1ccc(Cl)c(S(=O)(=O)N2CCS(=O)(=O)CC2)c1. The average molecular weight is 335 g/mol. The minimum Gasteiger partial charge on any atom is -0.229 e. The van der Waals surface area contributed by atoms with Gasteiger partial charge in [0.1, 0.15) is 4.90 Å². The molecule has 0 atom stereocenters. The van der Waals surface area contributed by atoms with Gasteiger partial charge in [-0.3, -0.25) is 0 Å². The lowest BCUT2D eigenvalue weighted by atomic mass is 10.2. The topological polar surface area (TPSA) is 95.3 Å². The Labute approximate surface area is 122 Å². The van der Waals surface area contributed by atoms with Crippen molar-refractivity contribution in [1.29, 1.82) is 5.26 Å². The van der Waals surface area contributed by atoms with Gasteiger partial charge in [-0.1, -0.05) is 11.6 Å². The molecule has 1 aliphatic rings. The summed E-state index contributed by atoms with van der Waals surface area (Å²) in [6, 6.07) is 5.80. The Balaban J connectivity index is 2.39. The van der Waals surface area contributed by atoms with Crippen molar-refractivity contribution in [3.8, 4) is 6.07 Å². The maximum atomic E-state index is 12.4. The van der Waals surface area contributed by atoms with Crippen LogP contribution in [0.2, 0.25) is 5.02 Å². The van der Waals surface area contributed by atoms with Crippen LogP contribution in [0.15, 0.2) is 23.1 Å². The van der Waals surface area contributed by atoms with E-state index in [4.69, 9.17) is 16.9 Å². The number of halogens is 1. The van der Waals surface area contributed by atoms with Crippen molar-refractivity contribution in [2.24, 2.45) is 0 Å². The van der Waals surface area contributed by atoms with Crippen LogP contribution in [0.25, 0.3) is 0 Å². The van der Waals surface area contributed by atoms with Gasteiger partial charge in [0.05, 0.1) is 28.2 Å². The van der Waals surface area contributed by atoms with Gasteiger partial charge >= 0.3 is 0 Å². The molecule has 108 valence electrons. The molecular weight excluding hydrogens is 324 g/mol. The maximum absolute atomic E-state index is 12.4. The molecule has 1 aliphatic heterocycles. The molecule has 2 rings (SSSR count). The summed E-state index contributed by atoms with van der Waals surface area (Å²) in [4.78, 5) is -0.169. The van der Waals surface area contributed by atoms with Crippen LogP contribution in [0.5, 0.6) is 0 Å². The molecule has 0 aliphatic carbocycles. The second kappa shape index (κ2) is 5.33. The molecule has 0 N–H and O–H groups in total. The normalized spacial score (nSPS) is 19.4. The fraction of sp³-hybridized carbons (Fsp3) is 0.364. The first kappa shape index (κ1) is 15.3. The molecule has 0 amide bonds. The number of nitriles is 1. The molecule has 9 heteroatoms. The van der Waals surface area contributed by atoms with Gasteiger partial charge in [0.15, 0.2) is 9.84 Å². The van der Waals surface area contributed by atoms with Gasteiger partial charge in [-0.25, -0.2) is 16.8 Å². The van der Waals surface area contributed by atoms with E-state index in [1.54, 1.807) is 0 Å². The fourth-order valence-electron chi connectivity index (χ4n) is 1.85. The third-order valence-electron chi connectivity index (χ3n) is 2.98. The van der Waals surface area contributed by atoms with Crippen molar-refractivity contribution in [3.05, 3.63) is 28.8 Å². The molecular formula is C11H11ClN2O4S2. The zero-order valence-corrected chi connectivity index (χ0v) is 12.7. The van der Waals surface area contributed by atoms with E-state index in [0.717, 1.165) is 4.31 Å². The molecule has 1 saturated heterocycles. The minimum atomic E-state index is -3.89. The number of hydrogen-bond donors (Lipinski definition) is 0. The van der Waals surface area contributed by atoms with Crippen LogP contribution < -0.4 is 0 Å². The maximum Gasteiger partial charge on any atom is 0.244 e. The van der Waals surface area contributed by atoms with Crippen molar-refractivity contribution >= 4 is 31.5 Å². The molecule has 1 heterocycles. The molecule has 0 bridgehead atoms. The van der Waals surface area contributed by atoms with Crippen LogP contribution in [0.1, 0.15) is 5.56 Å². The van der Waals surface area contributed by atoms with E-state index in [9.17, 15) is 16.8 Å². The summed E-state index contributed by atoms with van der Waals surface area (Å²) in [6.07, 6.45) is 0. The van der Waals surface area contributed by atoms with Gasteiger partial charge in [0, 0.05) is 13.1 Å². The standard InChI is InChI=1S/C11H11ClN2O4S2/c12-10-2-1-9(8-13)7-11(10)20(17,18)14-3-5-19(15,16)6-4-14/h1-2,7H,3-6H2. The lowest BCUT2D eigenvalue weighted by molar-refractivity contribution is 0.431. The van der Waals surface area contributed by atoms with E-state index < -0.39 is 19.9 Å². The molecule has 20 heavy (non-hydrogen) atoms.